The van der Waals surface area contributed by atoms with E-state index in [9.17, 15) is 0 Å². The van der Waals surface area contributed by atoms with Crippen LogP contribution in [0.5, 0.6) is 0 Å². The van der Waals surface area contributed by atoms with E-state index in [2.05, 4.69) is 52.5 Å². The normalized spacial score (nSPS) is 27.0. The molecule has 2 saturated heterocycles. The van der Waals surface area contributed by atoms with Crippen LogP contribution in [0.1, 0.15) is 44.1 Å². The summed E-state index contributed by atoms with van der Waals surface area (Å²) in [6.07, 6.45) is 5.13. The second kappa shape index (κ2) is 10.4. The number of guanidine groups is 1. The van der Waals surface area contributed by atoms with E-state index in [1.54, 1.807) is 0 Å². The summed E-state index contributed by atoms with van der Waals surface area (Å²) in [6, 6.07) is 10.9. The molecule has 0 aromatic heterocycles. The lowest BCUT2D eigenvalue weighted by molar-refractivity contribution is 0.105. The molecule has 3 unspecified atom stereocenters. The molecule has 5 heteroatoms. The Hall–Kier alpha value is -0.820. The van der Waals surface area contributed by atoms with E-state index in [-0.39, 0.29) is 24.0 Å². The van der Waals surface area contributed by atoms with Crippen molar-refractivity contribution >= 4 is 29.9 Å². The van der Waals surface area contributed by atoms with Crippen molar-refractivity contribution in [3.63, 3.8) is 0 Å². The van der Waals surface area contributed by atoms with Crippen LogP contribution in [0.2, 0.25) is 0 Å². The lowest BCUT2D eigenvalue weighted by Crippen LogP contribution is -2.48. The minimum Gasteiger partial charge on any atom is -0.378 e. The lowest BCUT2D eigenvalue weighted by atomic mass is 9.82. The first-order valence-corrected chi connectivity index (χ1v) is 9.40. The molecule has 1 aromatic rings. The number of benzene rings is 1. The highest BCUT2D eigenvalue weighted by Crippen LogP contribution is 2.32. The number of halogens is 1. The van der Waals surface area contributed by atoms with Gasteiger partial charge in [-0.3, -0.25) is 4.99 Å². The zero-order valence-corrected chi connectivity index (χ0v) is 17.8. The number of piperidine rings is 1. The van der Waals surface area contributed by atoms with Gasteiger partial charge in [0.15, 0.2) is 5.96 Å². The van der Waals surface area contributed by atoms with Crippen LogP contribution in [-0.2, 0) is 4.74 Å². The van der Waals surface area contributed by atoms with E-state index in [1.807, 2.05) is 7.05 Å². The van der Waals surface area contributed by atoms with E-state index < -0.39 is 0 Å². The van der Waals surface area contributed by atoms with Crippen LogP contribution in [-0.4, -0.2) is 50.3 Å². The number of ether oxygens (including phenoxy) is 1. The number of hydrogen-bond acceptors (Lipinski definition) is 2. The van der Waals surface area contributed by atoms with Gasteiger partial charge in [-0.2, -0.15) is 0 Å². The topological polar surface area (TPSA) is 36.9 Å². The summed E-state index contributed by atoms with van der Waals surface area (Å²) in [5, 5.41) is 3.54. The number of nitrogens with zero attached hydrogens (tertiary/aromatic N) is 2. The van der Waals surface area contributed by atoms with Gasteiger partial charge in [0.25, 0.3) is 0 Å². The van der Waals surface area contributed by atoms with Gasteiger partial charge in [-0.1, -0.05) is 37.3 Å². The molecular formula is C20H32IN3O. The molecule has 1 aromatic carbocycles. The number of likely N-dealkylation sites (tertiary alicyclic amines) is 1. The summed E-state index contributed by atoms with van der Waals surface area (Å²) in [5.74, 6) is 2.34. The van der Waals surface area contributed by atoms with Crippen LogP contribution in [0.15, 0.2) is 35.3 Å². The number of hydrogen-bond donors (Lipinski definition) is 1. The lowest BCUT2D eigenvalue weighted by Gasteiger charge is -2.39. The van der Waals surface area contributed by atoms with E-state index >= 15 is 0 Å². The Balaban J connectivity index is 0.00000225. The predicted octanol–water partition coefficient (Wildman–Crippen LogP) is 3.87. The SMILES string of the molecule is CN=C(NCCC1CCCO1)N1CCC(c2ccccc2)C(C)C1.I. The van der Waals surface area contributed by atoms with Gasteiger partial charge in [0.05, 0.1) is 6.10 Å². The first-order valence-electron chi connectivity index (χ1n) is 9.40. The van der Waals surface area contributed by atoms with Gasteiger partial charge in [0, 0.05) is 33.3 Å². The Morgan fingerprint density at radius 3 is 2.72 bits per heavy atom. The highest BCUT2D eigenvalue weighted by atomic mass is 127. The van der Waals surface area contributed by atoms with Crippen LogP contribution in [0.4, 0.5) is 0 Å². The van der Waals surface area contributed by atoms with Crippen LogP contribution in [0, 0.1) is 5.92 Å². The summed E-state index contributed by atoms with van der Waals surface area (Å²) in [6.45, 7) is 6.39. The third-order valence-electron chi connectivity index (χ3n) is 5.42. The van der Waals surface area contributed by atoms with Gasteiger partial charge in [-0.25, -0.2) is 0 Å². The molecule has 0 spiro atoms. The van der Waals surface area contributed by atoms with Gasteiger partial charge in [0.1, 0.15) is 0 Å². The van der Waals surface area contributed by atoms with Crippen LogP contribution >= 0.6 is 24.0 Å². The number of nitrogens with one attached hydrogen (secondary N) is 1. The first-order chi connectivity index (χ1) is 11.8. The zero-order valence-electron chi connectivity index (χ0n) is 15.5. The second-order valence-electron chi connectivity index (χ2n) is 7.13. The summed E-state index contributed by atoms with van der Waals surface area (Å²) < 4.78 is 5.70. The second-order valence-corrected chi connectivity index (χ2v) is 7.13. The number of rotatable bonds is 4. The Bertz CT molecular complexity index is 531. The molecule has 3 atom stereocenters. The third-order valence-corrected chi connectivity index (χ3v) is 5.42. The van der Waals surface area contributed by atoms with Crippen LogP contribution in [0.25, 0.3) is 0 Å². The fourth-order valence-corrected chi connectivity index (χ4v) is 4.08. The third kappa shape index (κ3) is 5.58. The van der Waals surface area contributed by atoms with Crippen molar-refractivity contribution in [3.8, 4) is 0 Å². The van der Waals surface area contributed by atoms with Crippen molar-refractivity contribution in [2.24, 2.45) is 10.9 Å². The maximum atomic E-state index is 5.70. The summed E-state index contributed by atoms with van der Waals surface area (Å²) in [4.78, 5) is 6.92. The average molecular weight is 457 g/mol. The molecule has 25 heavy (non-hydrogen) atoms. The number of aliphatic imine (C=N–C) groups is 1. The van der Waals surface area contributed by atoms with Crippen molar-refractivity contribution < 1.29 is 4.74 Å². The van der Waals surface area contributed by atoms with Gasteiger partial charge < -0.3 is 15.0 Å². The highest BCUT2D eigenvalue weighted by molar-refractivity contribution is 14.0. The van der Waals surface area contributed by atoms with Gasteiger partial charge >= 0.3 is 0 Å². The van der Waals surface area contributed by atoms with Crippen molar-refractivity contribution in [1.82, 2.24) is 10.2 Å². The smallest absolute Gasteiger partial charge is 0.193 e. The molecule has 2 heterocycles. The Kier molecular flexibility index (Phi) is 8.49. The first kappa shape index (κ1) is 20.5. The Morgan fingerprint density at radius 2 is 2.08 bits per heavy atom. The molecule has 2 aliphatic heterocycles. The largest absolute Gasteiger partial charge is 0.378 e. The van der Waals surface area contributed by atoms with Crippen LogP contribution < -0.4 is 5.32 Å². The minimum atomic E-state index is 0. The quantitative estimate of drug-likeness (QED) is 0.424. The molecule has 2 fully saturated rings. The van der Waals surface area contributed by atoms with E-state index in [1.165, 1.54) is 24.8 Å². The molecule has 0 aliphatic carbocycles. The fraction of sp³-hybridized carbons (Fsp3) is 0.650. The standard InChI is InChI=1S/C20H31N3O.HI/c1-16-15-23(13-11-19(16)17-7-4-3-5-8-17)20(21-2)22-12-10-18-9-6-14-24-18;/h3-5,7-8,16,18-19H,6,9-15H2,1-2H3,(H,21,22);1H. The molecule has 3 rings (SSSR count). The van der Waals surface area contributed by atoms with Crippen molar-refractivity contribution in [2.45, 2.75) is 44.6 Å². The maximum Gasteiger partial charge on any atom is 0.193 e. The van der Waals surface area contributed by atoms with E-state index in [0.29, 0.717) is 17.9 Å². The molecule has 140 valence electrons. The summed E-state index contributed by atoms with van der Waals surface area (Å²) in [7, 11) is 1.89. The molecule has 2 aliphatic rings. The molecule has 0 amide bonds. The summed E-state index contributed by atoms with van der Waals surface area (Å²) in [5.41, 5.74) is 1.48. The molecule has 0 saturated carbocycles. The Labute approximate surface area is 169 Å². The summed E-state index contributed by atoms with van der Waals surface area (Å²) >= 11 is 0. The van der Waals surface area contributed by atoms with Gasteiger partial charge in [0.2, 0.25) is 0 Å². The Morgan fingerprint density at radius 1 is 1.28 bits per heavy atom. The van der Waals surface area contributed by atoms with Crippen molar-refractivity contribution in [1.29, 1.82) is 0 Å². The molecule has 1 N–H and O–H groups in total. The molecule has 4 nitrogen and oxygen atoms in total. The zero-order chi connectivity index (χ0) is 16.8. The maximum absolute atomic E-state index is 5.70. The van der Waals surface area contributed by atoms with Crippen molar-refractivity contribution in [2.75, 3.05) is 33.3 Å². The fourth-order valence-electron chi connectivity index (χ4n) is 4.08. The highest BCUT2D eigenvalue weighted by Gasteiger charge is 2.28. The van der Waals surface area contributed by atoms with E-state index in [0.717, 1.165) is 38.6 Å². The van der Waals surface area contributed by atoms with Gasteiger partial charge in [-0.15, -0.1) is 24.0 Å². The predicted molar refractivity (Wildman–Crippen MR) is 115 cm³/mol. The molecule has 0 radical (unpaired) electrons. The minimum absolute atomic E-state index is 0. The molecular weight excluding hydrogens is 425 g/mol. The molecule has 0 bridgehead atoms. The van der Waals surface area contributed by atoms with Crippen molar-refractivity contribution in [3.05, 3.63) is 35.9 Å². The van der Waals surface area contributed by atoms with E-state index in [4.69, 9.17) is 4.74 Å². The van der Waals surface area contributed by atoms with Crippen LogP contribution in [0.3, 0.4) is 0 Å². The average Bonchev–Trinajstić information content (AvgIpc) is 3.13. The monoisotopic (exact) mass is 457 g/mol. The van der Waals surface area contributed by atoms with Gasteiger partial charge in [-0.05, 0) is 43.1 Å².